The molecule has 0 unspecified atom stereocenters. The summed E-state index contributed by atoms with van der Waals surface area (Å²) in [6.45, 7) is 9.32. The molecule has 8 nitrogen and oxygen atoms in total. The molecule has 0 aliphatic carbocycles. The third kappa shape index (κ3) is 4.19. The molecule has 0 aliphatic heterocycles. The van der Waals surface area contributed by atoms with Crippen LogP contribution < -0.4 is 5.32 Å². The van der Waals surface area contributed by atoms with E-state index in [4.69, 9.17) is 16.3 Å². The van der Waals surface area contributed by atoms with E-state index in [1.807, 2.05) is 6.92 Å². The van der Waals surface area contributed by atoms with E-state index in [9.17, 15) is 9.59 Å². The summed E-state index contributed by atoms with van der Waals surface area (Å²) < 4.78 is 8.21. The van der Waals surface area contributed by atoms with Crippen molar-refractivity contribution in [3.05, 3.63) is 29.3 Å². The lowest BCUT2D eigenvalue weighted by atomic mass is 10.0. The Bertz CT molecular complexity index is 779. The van der Waals surface area contributed by atoms with Gasteiger partial charge in [-0.1, -0.05) is 11.6 Å². The number of hydrogen-bond acceptors (Lipinski definition) is 5. The average molecular weight is 368 g/mol. The number of ether oxygens (including phenoxy) is 1. The summed E-state index contributed by atoms with van der Waals surface area (Å²) in [5, 5.41) is 11.4. The SMILES string of the molecule is CCn1cc(NC(=O)C(C)(C)n2cc(Cl)cn2)c(C(=O)OC(C)C)n1. The van der Waals surface area contributed by atoms with Gasteiger partial charge in [0.15, 0.2) is 5.69 Å². The maximum Gasteiger partial charge on any atom is 0.361 e. The van der Waals surface area contributed by atoms with E-state index in [2.05, 4.69) is 15.5 Å². The largest absolute Gasteiger partial charge is 0.458 e. The minimum Gasteiger partial charge on any atom is -0.458 e. The molecule has 1 N–H and O–H groups in total. The van der Waals surface area contributed by atoms with Gasteiger partial charge in [-0.25, -0.2) is 4.79 Å². The monoisotopic (exact) mass is 367 g/mol. The molecular weight excluding hydrogens is 346 g/mol. The van der Waals surface area contributed by atoms with Crippen LogP contribution in [0.5, 0.6) is 0 Å². The summed E-state index contributed by atoms with van der Waals surface area (Å²) in [5.41, 5.74) is -0.650. The molecule has 0 aliphatic rings. The van der Waals surface area contributed by atoms with Crippen LogP contribution in [0.15, 0.2) is 18.6 Å². The number of esters is 1. The van der Waals surface area contributed by atoms with Crippen LogP contribution in [-0.4, -0.2) is 37.5 Å². The number of rotatable bonds is 6. The number of anilines is 1. The van der Waals surface area contributed by atoms with Crippen LogP contribution in [0.1, 0.15) is 45.1 Å². The van der Waals surface area contributed by atoms with Crippen LogP contribution in [0, 0.1) is 0 Å². The van der Waals surface area contributed by atoms with E-state index in [-0.39, 0.29) is 17.7 Å². The highest BCUT2D eigenvalue weighted by molar-refractivity contribution is 6.30. The summed E-state index contributed by atoms with van der Waals surface area (Å²) in [7, 11) is 0. The van der Waals surface area contributed by atoms with Crippen molar-refractivity contribution in [3.8, 4) is 0 Å². The van der Waals surface area contributed by atoms with Gasteiger partial charge in [0.25, 0.3) is 5.91 Å². The number of nitrogens with one attached hydrogen (secondary N) is 1. The number of hydrogen-bond donors (Lipinski definition) is 1. The van der Waals surface area contributed by atoms with Gasteiger partial charge in [0, 0.05) is 18.9 Å². The van der Waals surface area contributed by atoms with Crippen molar-refractivity contribution in [2.75, 3.05) is 5.32 Å². The number of carbonyl (C=O) groups is 2. The molecule has 0 bridgehead atoms. The fraction of sp³-hybridized carbons (Fsp3) is 0.500. The van der Waals surface area contributed by atoms with Crippen LogP contribution in [0.25, 0.3) is 0 Å². The molecule has 0 radical (unpaired) electrons. The van der Waals surface area contributed by atoms with E-state index in [0.717, 1.165) is 0 Å². The number of halogens is 1. The average Bonchev–Trinajstić information content (AvgIpc) is 3.13. The molecule has 0 aromatic carbocycles. The Morgan fingerprint density at radius 1 is 1.36 bits per heavy atom. The minimum atomic E-state index is -1.01. The molecule has 9 heteroatoms. The van der Waals surface area contributed by atoms with Gasteiger partial charge in [0.2, 0.25) is 0 Å². The Kier molecular flexibility index (Phi) is 5.52. The minimum absolute atomic E-state index is 0.0678. The van der Waals surface area contributed by atoms with Crippen LogP contribution in [0.3, 0.4) is 0 Å². The second kappa shape index (κ2) is 7.26. The summed E-state index contributed by atoms with van der Waals surface area (Å²) in [4.78, 5) is 25.0. The summed E-state index contributed by atoms with van der Waals surface area (Å²) >= 11 is 5.88. The maximum atomic E-state index is 12.7. The molecule has 2 rings (SSSR count). The Morgan fingerprint density at radius 2 is 2.04 bits per heavy atom. The van der Waals surface area contributed by atoms with Gasteiger partial charge in [-0.05, 0) is 34.6 Å². The zero-order valence-corrected chi connectivity index (χ0v) is 15.7. The number of aromatic nitrogens is 4. The predicted octanol–water partition coefficient (Wildman–Crippen LogP) is 2.69. The number of amides is 1. The molecule has 0 spiro atoms. The van der Waals surface area contributed by atoms with E-state index >= 15 is 0 Å². The first kappa shape index (κ1) is 19.0. The number of aryl methyl sites for hydroxylation is 1. The third-order valence-electron chi connectivity index (χ3n) is 3.55. The lowest BCUT2D eigenvalue weighted by Crippen LogP contribution is -2.40. The molecule has 0 atom stereocenters. The van der Waals surface area contributed by atoms with Gasteiger partial charge in [0.05, 0.1) is 23.0 Å². The first-order valence-corrected chi connectivity index (χ1v) is 8.33. The first-order chi connectivity index (χ1) is 11.6. The summed E-state index contributed by atoms with van der Waals surface area (Å²) in [6.07, 6.45) is 4.33. The third-order valence-corrected chi connectivity index (χ3v) is 3.74. The van der Waals surface area contributed by atoms with Crippen LogP contribution in [-0.2, 0) is 21.6 Å². The quantitative estimate of drug-likeness (QED) is 0.792. The summed E-state index contributed by atoms with van der Waals surface area (Å²) in [5.74, 6) is -0.945. The van der Waals surface area contributed by atoms with Crippen molar-refractivity contribution in [3.63, 3.8) is 0 Å². The first-order valence-electron chi connectivity index (χ1n) is 7.95. The van der Waals surface area contributed by atoms with Crippen LogP contribution in [0.2, 0.25) is 5.02 Å². The second-order valence-corrected chi connectivity index (χ2v) is 6.75. The van der Waals surface area contributed by atoms with Gasteiger partial charge in [-0.3, -0.25) is 14.2 Å². The molecule has 1 amide bonds. The smallest absolute Gasteiger partial charge is 0.361 e. The Hall–Kier alpha value is -2.35. The molecule has 0 fully saturated rings. The second-order valence-electron chi connectivity index (χ2n) is 6.32. The fourth-order valence-electron chi connectivity index (χ4n) is 2.08. The van der Waals surface area contributed by atoms with Crippen molar-refractivity contribution in [1.29, 1.82) is 0 Å². The van der Waals surface area contributed by atoms with E-state index < -0.39 is 11.5 Å². The summed E-state index contributed by atoms with van der Waals surface area (Å²) in [6, 6.07) is 0. The highest BCUT2D eigenvalue weighted by Gasteiger charge is 2.32. The van der Waals surface area contributed by atoms with Crippen molar-refractivity contribution in [1.82, 2.24) is 19.6 Å². The maximum absolute atomic E-state index is 12.7. The lowest BCUT2D eigenvalue weighted by Gasteiger charge is -2.24. The lowest BCUT2D eigenvalue weighted by molar-refractivity contribution is -0.123. The van der Waals surface area contributed by atoms with Crippen LogP contribution >= 0.6 is 11.6 Å². The standard InChI is InChI=1S/C16H22ClN5O3/c1-6-21-9-12(13(20-21)14(23)25-10(2)3)19-15(24)16(4,5)22-8-11(17)7-18-22/h7-10H,6H2,1-5H3,(H,19,24). The highest BCUT2D eigenvalue weighted by Crippen LogP contribution is 2.22. The Balaban J connectivity index is 2.28. The van der Waals surface area contributed by atoms with Crippen molar-refractivity contribution >= 4 is 29.2 Å². The van der Waals surface area contributed by atoms with Gasteiger partial charge in [-0.15, -0.1) is 0 Å². The van der Waals surface area contributed by atoms with Gasteiger partial charge >= 0.3 is 5.97 Å². The molecule has 0 saturated heterocycles. The zero-order chi connectivity index (χ0) is 18.8. The van der Waals surface area contributed by atoms with E-state index in [0.29, 0.717) is 17.3 Å². The number of nitrogens with zero attached hydrogens (tertiary/aromatic N) is 4. The number of carbonyl (C=O) groups excluding carboxylic acids is 2. The molecular formula is C16H22ClN5O3. The van der Waals surface area contributed by atoms with Gasteiger partial charge in [-0.2, -0.15) is 10.2 Å². The van der Waals surface area contributed by atoms with Crippen molar-refractivity contribution in [2.45, 2.75) is 52.8 Å². The molecule has 2 aromatic heterocycles. The van der Waals surface area contributed by atoms with E-state index in [1.165, 1.54) is 10.9 Å². The Labute approximate surface area is 151 Å². The van der Waals surface area contributed by atoms with Crippen molar-refractivity contribution in [2.24, 2.45) is 0 Å². The molecule has 0 saturated carbocycles. The zero-order valence-electron chi connectivity index (χ0n) is 14.9. The predicted molar refractivity (Wildman–Crippen MR) is 93.6 cm³/mol. The van der Waals surface area contributed by atoms with E-state index in [1.54, 1.807) is 44.8 Å². The molecule has 2 heterocycles. The van der Waals surface area contributed by atoms with Crippen molar-refractivity contribution < 1.29 is 14.3 Å². The Morgan fingerprint density at radius 3 is 2.56 bits per heavy atom. The molecule has 136 valence electrons. The van der Waals surface area contributed by atoms with Gasteiger partial charge < -0.3 is 10.1 Å². The fourth-order valence-corrected chi connectivity index (χ4v) is 2.22. The molecule has 2 aromatic rings. The normalized spacial score (nSPS) is 11.6. The van der Waals surface area contributed by atoms with Crippen LogP contribution in [0.4, 0.5) is 5.69 Å². The van der Waals surface area contributed by atoms with Gasteiger partial charge in [0.1, 0.15) is 5.54 Å². The highest BCUT2D eigenvalue weighted by atomic mass is 35.5. The topological polar surface area (TPSA) is 91.0 Å². The molecule has 25 heavy (non-hydrogen) atoms.